The van der Waals surface area contributed by atoms with Gasteiger partial charge >= 0.3 is 0 Å². The summed E-state index contributed by atoms with van der Waals surface area (Å²) in [6.07, 6.45) is 8.04. The number of hydrogen-bond acceptors (Lipinski definition) is 4. The monoisotopic (exact) mass is 242 g/mol. The van der Waals surface area contributed by atoms with Crippen LogP contribution in [0.15, 0.2) is 23.8 Å². The lowest BCUT2D eigenvalue weighted by Gasteiger charge is -2.16. The Kier molecular flexibility index (Phi) is 7.12. The predicted octanol–water partition coefficient (Wildman–Crippen LogP) is 1.65. The van der Waals surface area contributed by atoms with E-state index in [1.54, 1.807) is 14.2 Å². The smallest absolute Gasteiger partial charge is 0.154 e. The molecule has 17 heavy (non-hydrogen) atoms. The number of aliphatic hydroxyl groups excluding tert-OH is 1. The molecule has 0 aromatic carbocycles. The number of ether oxygens (including phenoxy) is 3. The van der Waals surface area contributed by atoms with Gasteiger partial charge in [-0.25, -0.2) is 0 Å². The normalized spacial score (nSPS) is 21.4. The second kappa shape index (κ2) is 8.42. The van der Waals surface area contributed by atoms with Gasteiger partial charge in [0.1, 0.15) is 0 Å². The third-order valence-electron chi connectivity index (χ3n) is 2.68. The van der Waals surface area contributed by atoms with Gasteiger partial charge in [0, 0.05) is 20.6 Å². The van der Waals surface area contributed by atoms with Gasteiger partial charge in [0.15, 0.2) is 6.29 Å². The minimum absolute atomic E-state index is 0.168. The highest BCUT2D eigenvalue weighted by Gasteiger charge is 2.10. The van der Waals surface area contributed by atoms with Crippen molar-refractivity contribution < 1.29 is 19.3 Å². The largest absolute Gasteiger partial charge is 0.382 e. The minimum Gasteiger partial charge on any atom is -0.382 e. The molecule has 1 aliphatic rings. The molecule has 0 aromatic heterocycles. The van der Waals surface area contributed by atoms with Crippen LogP contribution in [0, 0.1) is 0 Å². The van der Waals surface area contributed by atoms with E-state index in [2.05, 4.69) is 18.2 Å². The zero-order valence-corrected chi connectivity index (χ0v) is 10.6. The molecule has 0 heterocycles. The molecule has 0 radical (unpaired) electrons. The van der Waals surface area contributed by atoms with Crippen molar-refractivity contribution >= 4 is 0 Å². The first-order valence-corrected chi connectivity index (χ1v) is 5.95. The fourth-order valence-electron chi connectivity index (χ4n) is 1.69. The molecule has 0 fully saturated rings. The molecule has 98 valence electrons. The van der Waals surface area contributed by atoms with Gasteiger partial charge in [-0.05, 0) is 18.4 Å². The van der Waals surface area contributed by atoms with E-state index in [0.29, 0.717) is 19.6 Å². The van der Waals surface area contributed by atoms with Gasteiger partial charge in [0.05, 0.1) is 19.3 Å². The number of allylic oxidation sites excluding steroid dienone is 2. The summed E-state index contributed by atoms with van der Waals surface area (Å²) in [6.45, 7) is 0.929. The maximum atomic E-state index is 9.57. The van der Waals surface area contributed by atoms with E-state index in [1.807, 2.05) is 0 Å². The Morgan fingerprint density at radius 1 is 1.41 bits per heavy atom. The second-order valence-electron chi connectivity index (χ2n) is 4.01. The molecular formula is C13H22O4. The first kappa shape index (κ1) is 14.4. The first-order valence-electron chi connectivity index (χ1n) is 5.95. The van der Waals surface area contributed by atoms with Crippen LogP contribution in [0.3, 0.4) is 0 Å². The first-order chi connectivity index (χ1) is 8.26. The number of hydrogen-bond donors (Lipinski definition) is 1. The van der Waals surface area contributed by atoms with Crippen LogP contribution in [0.5, 0.6) is 0 Å². The Hall–Kier alpha value is -0.680. The van der Waals surface area contributed by atoms with Crippen LogP contribution in [-0.4, -0.2) is 44.9 Å². The van der Waals surface area contributed by atoms with E-state index in [4.69, 9.17) is 14.2 Å². The SMILES string of the molecule is COCCOC(O)CCC1=CC(OC)CC=C1. The summed E-state index contributed by atoms with van der Waals surface area (Å²) in [6, 6.07) is 0. The summed E-state index contributed by atoms with van der Waals surface area (Å²) in [4.78, 5) is 0. The van der Waals surface area contributed by atoms with Crippen LogP contribution < -0.4 is 0 Å². The van der Waals surface area contributed by atoms with Gasteiger partial charge in [-0.1, -0.05) is 18.2 Å². The van der Waals surface area contributed by atoms with E-state index in [9.17, 15) is 5.11 Å². The zero-order chi connectivity index (χ0) is 12.5. The summed E-state index contributed by atoms with van der Waals surface area (Å²) in [5.41, 5.74) is 1.19. The number of rotatable bonds is 8. The molecule has 0 saturated heterocycles. The molecule has 1 rings (SSSR count). The molecule has 0 bridgehead atoms. The van der Waals surface area contributed by atoms with Gasteiger partial charge in [-0.15, -0.1) is 0 Å². The summed E-state index contributed by atoms with van der Waals surface area (Å²) in [5, 5.41) is 9.57. The molecule has 0 saturated carbocycles. The van der Waals surface area contributed by atoms with Crippen LogP contribution in [0.2, 0.25) is 0 Å². The van der Waals surface area contributed by atoms with Gasteiger partial charge < -0.3 is 19.3 Å². The molecule has 1 aliphatic carbocycles. The van der Waals surface area contributed by atoms with Crippen molar-refractivity contribution in [1.82, 2.24) is 0 Å². The molecule has 0 spiro atoms. The Bertz CT molecular complexity index is 260. The summed E-state index contributed by atoms with van der Waals surface area (Å²) < 4.78 is 15.3. The van der Waals surface area contributed by atoms with E-state index in [1.165, 1.54) is 5.57 Å². The van der Waals surface area contributed by atoms with E-state index < -0.39 is 6.29 Å². The van der Waals surface area contributed by atoms with Crippen molar-refractivity contribution in [3.63, 3.8) is 0 Å². The molecule has 4 heteroatoms. The Labute approximate surface area is 103 Å². The minimum atomic E-state index is -0.720. The molecule has 1 N–H and O–H groups in total. The van der Waals surface area contributed by atoms with Crippen molar-refractivity contribution in [1.29, 1.82) is 0 Å². The molecule has 4 nitrogen and oxygen atoms in total. The highest BCUT2D eigenvalue weighted by molar-refractivity contribution is 5.24. The van der Waals surface area contributed by atoms with Gasteiger partial charge in [0.25, 0.3) is 0 Å². The third kappa shape index (κ3) is 5.98. The van der Waals surface area contributed by atoms with Crippen LogP contribution >= 0.6 is 0 Å². The fraction of sp³-hybridized carbons (Fsp3) is 0.692. The standard InChI is InChI=1S/C13H22O4/c1-15-8-9-17-13(14)7-6-11-4-3-5-12(10-11)16-2/h3-4,10,12-14H,5-9H2,1-2H3. The summed E-state index contributed by atoms with van der Waals surface area (Å²) in [5.74, 6) is 0. The van der Waals surface area contributed by atoms with Crippen molar-refractivity contribution in [3.05, 3.63) is 23.8 Å². The lowest BCUT2D eigenvalue weighted by atomic mass is 10.0. The average Bonchev–Trinajstić information content (AvgIpc) is 2.37. The lowest BCUT2D eigenvalue weighted by molar-refractivity contribution is -0.112. The van der Waals surface area contributed by atoms with E-state index in [-0.39, 0.29) is 6.10 Å². The second-order valence-corrected chi connectivity index (χ2v) is 4.01. The molecule has 2 atom stereocenters. The molecule has 0 aliphatic heterocycles. The summed E-state index contributed by atoms with van der Waals surface area (Å²) >= 11 is 0. The topological polar surface area (TPSA) is 47.9 Å². The Morgan fingerprint density at radius 2 is 2.24 bits per heavy atom. The maximum absolute atomic E-state index is 9.57. The van der Waals surface area contributed by atoms with Gasteiger partial charge in [-0.3, -0.25) is 0 Å². The molecule has 2 unspecified atom stereocenters. The van der Waals surface area contributed by atoms with Crippen LogP contribution in [0.1, 0.15) is 19.3 Å². The fourth-order valence-corrected chi connectivity index (χ4v) is 1.69. The van der Waals surface area contributed by atoms with Crippen molar-refractivity contribution in [2.75, 3.05) is 27.4 Å². The molecule has 0 aromatic rings. The Morgan fingerprint density at radius 3 is 2.94 bits per heavy atom. The summed E-state index contributed by atoms with van der Waals surface area (Å²) in [7, 11) is 3.32. The van der Waals surface area contributed by atoms with Crippen molar-refractivity contribution in [3.8, 4) is 0 Å². The van der Waals surface area contributed by atoms with E-state index in [0.717, 1.165) is 12.8 Å². The predicted molar refractivity (Wildman–Crippen MR) is 65.7 cm³/mol. The van der Waals surface area contributed by atoms with Gasteiger partial charge in [0.2, 0.25) is 0 Å². The third-order valence-corrected chi connectivity index (χ3v) is 2.68. The Balaban J connectivity index is 2.20. The van der Waals surface area contributed by atoms with Gasteiger partial charge in [-0.2, -0.15) is 0 Å². The van der Waals surface area contributed by atoms with Crippen molar-refractivity contribution in [2.45, 2.75) is 31.7 Å². The highest BCUT2D eigenvalue weighted by Crippen LogP contribution is 2.18. The van der Waals surface area contributed by atoms with Crippen LogP contribution in [0.25, 0.3) is 0 Å². The lowest BCUT2D eigenvalue weighted by Crippen LogP contribution is -2.16. The highest BCUT2D eigenvalue weighted by atomic mass is 16.6. The maximum Gasteiger partial charge on any atom is 0.154 e. The number of aliphatic hydroxyl groups is 1. The molecular weight excluding hydrogens is 220 g/mol. The zero-order valence-electron chi connectivity index (χ0n) is 10.6. The van der Waals surface area contributed by atoms with E-state index >= 15 is 0 Å². The van der Waals surface area contributed by atoms with Crippen LogP contribution in [0.4, 0.5) is 0 Å². The average molecular weight is 242 g/mol. The van der Waals surface area contributed by atoms with Crippen LogP contribution in [-0.2, 0) is 14.2 Å². The van der Waals surface area contributed by atoms with Crippen molar-refractivity contribution in [2.24, 2.45) is 0 Å². The number of methoxy groups -OCH3 is 2. The molecule has 0 amide bonds. The quantitative estimate of drug-likeness (QED) is 0.519.